The van der Waals surface area contributed by atoms with Crippen molar-refractivity contribution in [1.29, 1.82) is 0 Å². The molecule has 1 aromatic heterocycles. The van der Waals surface area contributed by atoms with Crippen LogP contribution in [-0.4, -0.2) is 17.0 Å². The van der Waals surface area contributed by atoms with Crippen LogP contribution in [0.15, 0.2) is 54.7 Å². The second kappa shape index (κ2) is 8.11. The number of carbonyl (C=O) groups excluding carboxylic acids is 1. The molecule has 4 nitrogen and oxygen atoms in total. The average molecular weight is 402 g/mol. The molecule has 29 heavy (non-hydrogen) atoms. The van der Waals surface area contributed by atoms with E-state index in [-0.39, 0.29) is 17.0 Å². The van der Waals surface area contributed by atoms with Gasteiger partial charge in [0.05, 0.1) is 28.8 Å². The number of alkyl halides is 3. The molecule has 1 heterocycles. The van der Waals surface area contributed by atoms with Gasteiger partial charge in [-0.3, -0.25) is 9.78 Å². The van der Waals surface area contributed by atoms with Crippen molar-refractivity contribution in [3.63, 3.8) is 0 Å². The number of halogens is 3. The number of ether oxygens (including phenoxy) is 1. The van der Waals surface area contributed by atoms with E-state index >= 15 is 0 Å². The van der Waals surface area contributed by atoms with Crippen molar-refractivity contribution in [2.24, 2.45) is 0 Å². The molecule has 1 atom stereocenters. The number of nitrogens with one attached hydrogen (secondary N) is 1. The Morgan fingerprint density at radius 1 is 1.03 bits per heavy atom. The molecule has 0 radical (unpaired) electrons. The van der Waals surface area contributed by atoms with E-state index in [1.807, 2.05) is 13.8 Å². The fourth-order valence-electron chi connectivity index (χ4n) is 3.08. The van der Waals surface area contributed by atoms with E-state index in [0.29, 0.717) is 5.75 Å². The highest BCUT2D eigenvalue weighted by molar-refractivity contribution is 6.00. The number of carbonyl (C=O) groups is 1. The van der Waals surface area contributed by atoms with Gasteiger partial charge in [-0.1, -0.05) is 30.3 Å². The summed E-state index contributed by atoms with van der Waals surface area (Å²) in [6.07, 6.45) is -3.68. The van der Waals surface area contributed by atoms with E-state index in [2.05, 4.69) is 10.3 Å². The first-order valence-electron chi connectivity index (χ1n) is 9.19. The van der Waals surface area contributed by atoms with Crippen molar-refractivity contribution in [3.05, 3.63) is 71.4 Å². The summed E-state index contributed by atoms with van der Waals surface area (Å²) in [5.41, 5.74) is -0.543. The highest BCUT2D eigenvalue weighted by Gasteiger charge is 2.37. The highest BCUT2D eigenvalue weighted by Crippen LogP contribution is 2.37. The SMILES string of the molecule is CC(C)Oc1ccc(C(C)NC(=O)c2cnc3ccccc3c2C(F)(F)F)cc1. The molecule has 0 spiro atoms. The Morgan fingerprint density at radius 3 is 2.31 bits per heavy atom. The molecule has 0 bridgehead atoms. The Hall–Kier alpha value is -3.09. The quantitative estimate of drug-likeness (QED) is 0.610. The summed E-state index contributed by atoms with van der Waals surface area (Å²) in [6, 6.07) is 12.5. The van der Waals surface area contributed by atoms with Gasteiger partial charge >= 0.3 is 6.18 Å². The maximum atomic E-state index is 13.7. The molecule has 2 aromatic carbocycles. The zero-order chi connectivity index (χ0) is 21.2. The lowest BCUT2D eigenvalue weighted by Crippen LogP contribution is -2.29. The summed E-state index contributed by atoms with van der Waals surface area (Å²) in [7, 11) is 0. The van der Waals surface area contributed by atoms with E-state index in [4.69, 9.17) is 4.74 Å². The lowest BCUT2D eigenvalue weighted by molar-refractivity contribution is -0.136. The predicted molar refractivity (Wildman–Crippen MR) is 105 cm³/mol. The van der Waals surface area contributed by atoms with Crippen LogP contribution in [0.5, 0.6) is 5.75 Å². The van der Waals surface area contributed by atoms with E-state index in [1.54, 1.807) is 37.3 Å². The lowest BCUT2D eigenvalue weighted by Gasteiger charge is -2.19. The van der Waals surface area contributed by atoms with Gasteiger partial charge in [-0.25, -0.2) is 0 Å². The number of para-hydroxylation sites is 1. The van der Waals surface area contributed by atoms with Crippen LogP contribution in [0.3, 0.4) is 0 Å². The van der Waals surface area contributed by atoms with E-state index < -0.39 is 29.3 Å². The van der Waals surface area contributed by atoms with Crippen molar-refractivity contribution < 1.29 is 22.7 Å². The van der Waals surface area contributed by atoms with Crippen molar-refractivity contribution >= 4 is 16.8 Å². The van der Waals surface area contributed by atoms with Gasteiger partial charge in [0.25, 0.3) is 5.91 Å². The molecule has 0 aliphatic carbocycles. The summed E-state index contributed by atoms with van der Waals surface area (Å²) in [4.78, 5) is 16.7. The Bertz CT molecular complexity index is 1010. The number of rotatable bonds is 5. The van der Waals surface area contributed by atoms with Crippen LogP contribution in [0, 0.1) is 0 Å². The van der Waals surface area contributed by atoms with Gasteiger partial charge < -0.3 is 10.1 Å². The highest BCUT2D eigenvalue weighted by atomic mass is 19.4. The van der Waals surface area contributed by atoms with Gasteiger partial charge in [-0.05, 0) is 44.5 Å². The molecule has 1 N–H and O–H groups in total. The summed E-state index contributed by atoms with van der Waals surface area (Å²) < 4.78 is 46.8. The molecular formula is C22H21F3N2O2. The molecule has 7 heteroatoms. The normalized spacial score (nSPS) is 12.8. The van der Waals surface area contributed by atoms with Crippen molar-refractivity contribution in [3.8, 4) is 5.75 Å². The van der Waals surface area contributed by atoms with Gasteiger partial charge in [0.2, 0.25) is 0 Å². The number of aromatic nitrogens is 1. The first-order valence-corrected chi connectivity index (χ1v) is 9.19. The Labute approximate surface area is 166 Å². The van der Waals surface area contributed by atoms with E-state index in [1.165, 1.54) is 18.2 Å². The number of hydrogen-bond donors (Lipinski definition) is 1. The van der Waals surface area contributed by atoms with E-state index in [0.717, 1.165) is 11.8 Å². The summed E-state index contributed by atoms with van der Waals surface area (Å²) in [5.74, 6) is -0.147. The van der Waals surface area contributed by atoms with Crippen LogP contribution < -0.4 is 10.1 Å². The van der Waals surface area contributed by atoms with Crippen molar-refractivity contribution in [2.45, 2.75) is 39.1 Å². The zero-order valence-corrected chi connectivity index (χ0v) is 16.2. The predicted octanol–water partition coefficient (Wildman–Crippen LogP) is 5.53. The van der Waals surface area contributed by atoms with Gasteiger partial charge in [-0.2, -0.15) is 13.2 Å². The van der Waals surface area contributed by atoms with Gasteiger partial charge in [-0.15, -0.1) is 0 Å². The van der Waals surface area contributed by atoms with Crippen LogP contribution in [-0.2, 0) is 6.18 Å². The minimum absolute atomic E-state index is 0.0270. The van der Waals surface area contributed by atoms with Crippen LogP contribution in [0.2, 0.25) is 0 Å². The number of nitrogens with zero attached hydrogens (tertiary/aromatic N) is 1. The average Bonchev–Trinajstić information content (AvgIpc) is 2.66. The Balaban J connectivity index is 1.88. The first-order chi connectivity index (χ1) is 13.7. The lowest BCUT2D eigenvalue weighted by atomic mass is 10.0. The van der Waals surface area contributed by atoms with Crippen molar-refractivity contribution in [2.75, 3.05) is 0 Å². The summed E-state index contributed by atoms with van der Waals surface area (Å²) in [6.45, 7) is 5.52. The van der Waals surface area contributed by atoms with Crippen LogP contribution in [0.4, 0.5) is 13.2 Å². The topological polar surface area (TPSA) is 51.2 Å². The third kappa shape index (κ3) is 4.67. The Kier molecular flexibility index (Phi) is 5.77. The van der Waals surface area contributed by atoms with Crippen LogP contribution in [0.1, 0.15) is 48.3 Å². The molecule has 1 amide bonds. The van der Waals surface area contributed by atoms with Crippen LogP contribution >= 0.6 is 0 Å². The molecule has 0 fully saturated rings. The second-order valence-corrected chi connectivity index (χ2v) is 6.99. The van der Waals surface area contributed by atoms with Gasteiger partial charge in [0.1, 0.15) is 5.75 Å². The standard InChI is InChI=1S/C22H21F3N2O2/c1-13(2)29-16-10-8-15(9-11-16)14(3)27-21(28)18-12-26-19-7-5-4-6-17(19)20(18)22(23,24)25/h4-14H,1-3H3,(H,27,28). The molecule has 0 aliphatic heterocycles. The van der Waals surface area contributed by atoms with Crippen LogP contribution in [0.25, 0.3) is 10.9 Å². The fraction of sp³-hybridized carbons (Fsp3) is 0.273. The fourth-order valence-corrected chi connectivity index (χ4v) is 3.08. The minimum Gasteiger partial charge on any atom is -0.491 e. The molecule has 0 saturated carbocycles. The summed E-state index contributed by atoms with van der Waals surface area (Å²) >= 11 is 0. The monoisotopic (exact) mass is 402 g/mol. The van der Waals surface area contributed by atoms with Gasteiger partial charge in [0.15, 0.2) is 0 Å². The minimum atomic E-state index is -4.69. The van der Waals surface area contributed by atoms with Crippen molar-refractivity contribution in [1.82, 2.24) is 10.3 Å². The second-order valence-electron chi connectivity index (χ2n) is 6.99. The maximum Gasteiger partial charge on any atom is 0.417 e. The smallest absolute Gasteiger partial charge is 0.417 e. The maximum absolute atomic E-state index is 13.7. The molecular weight excluding hydrogens is 381 g/mol. The number of hydrogen-bond acceptors (Lipinski definition) is 3. The zero-order valence-electron chi connectivity index (χ0n) is 16.2. The largest absolute Gasteiger partial charge is 0.491 e. The molecule has 0 saturated heterocycles. The molecule has 1 unspecified atom stereocenters. The summed E-state index contributed by atoms with van der Waals surface area (Å²) in [5, 5.41) is 2.53. The Morgan fingerprint density at radius 2 is 1.69 bits per heavy atom. The number of fused-ring (bicyclic) bond motifs is 1. The third-order valence-corrected chi connectivity index (χ3v) is 4.40. The third-order valence-electron chi connectivity index (χ3n) is 4.40. The first kappa shape index (κ1) is 20.6. The number of benzene rings is 2. The van der Waals surface area contributed by atoms with Gasteiger partial charge in [0, 0.05) is 11.6 Å². The van der Waals surface area contributed by atoms with E-state index in [9.17, 15) is 18.0 Å². The molecule has 3 rings (SSSR count). The number of amides is 1. The molecule has 0 aliphatic rings. The molecule has 152 valence electrons. The molecule has 3 aromatic rings. The number of pyridine rings is 1.